The first-order valence-corrected chi connectivity index (χ1v) is 11.1. The van der Waals surface area contributed by atoms with Crippen LogP contribution in [-0.2, 0) is 21.2 Å². The maximum atomic E-state index is 12.6. The summed E-state index contributed by atoms with van der Waals surface area (Å²) >= 11 is 0. The Bertz CT molecular complexity index is 849. The number of amides is 1. The summed E-state index contributed by atoms with van der Waals surface area (Å²) < 4.78 is 26.8. The van der Waals surface area contributed by atoms with Gasteiger partial charge in [-0.2, -0.15) is 4.31 Å². The maximum absolute atomic E-state index is 12.6. The van der Waals surface area contributed by atoms with Gasteiger partial charge in [0.15, 0.2) is 0 Å². The molecule has 1 heterocycles. The van der Waals surface area contributed by atoms with Crippen LogP contribution < -0.4 is 5.32 Å². The van der Waals surface area contributed by atoms with E-state index in [4.69, 9.17) is 0 Å². The third-order valence-electron chi connectivity index (χ3n) is 4.95. The van der Waals surface area contributed by atoms with Crippen LogP contribution in [0.1, 0.15) is 12.0 Å². The molecule has 6 nitrogen and oxygen atoms in total. The average molecular weight is 402 g/mol. The Morgan fingerprint density at radius 3 is 2.14 bits per heavy atom. The van der Waals surface area contributed by atoms with Crippen molar-refractivity contribution < 1.29 is 13.2 Å². The second-order valence-electron chi connectivity index (χ2n) is 6.89. The molecule has 0 saturated carbocycles. The summed E-state index contributed by atoms with van der Waals surface area (Å²) in [5.41, 5.74) is 1.16. The zero-order valence-corrected chi connectivity index (χ0v) is 16.8. The molecule has 1 N–H and O–H groups in total. The molecule has 0 aliphatic carbocycles. The van der Waals surface area contributed by atoms with Crippen LogP contribution >= 0.6 is 0 Å². The fourth-order valence-corrected chi connectivity index (χ4v) is 4.72. The van der Waals surface area contributed by atoms with Crippen molar-refractivity contribution in [1.82, 2.24) is 14.5 Å². The van der Waals surface area contributed by atoms with Crippen molar-refractivity contribution in [3.05, 3.63) is 66.2 Å². The van der Waals surface area contributed by atoms with Crippen molar-refractivity contribution in [2.24, 2.45) is 0 Å². The predicted octanol–water partition coefficient (Wildman–Crippen LogP) is 1.74. The van der Waals surface area contributed by atoms with Crippen molar-refractivity contribution in [2.45, 2.75) is 17.7 Å². The highest BCUT2D eigenvalue weighted by molar-refractivity contribution is 7.89. The minimum absolute atomic E-state index is 0.0501. The second kappa shape index (κ2) is 9.82. The third-order valence-corrected chi connectivity index (χ3v) is 6.86. The molecule has 0 spiro atoms. The first kappa shape index (κ1) is 20.5. The summed E-state index contributed by atoms with van der Waals surface area (Å²) in [5.74, 6) is 0.0501. The van der Waals surface area contributed by atoms with Gasteiger partial charge in [-0.05, 0) is 24.1 Å². The van der Waals surface area contributed by atoms with Crippen molar-refractivity contribution >= 4 is 15.9 Å². The van der Waals surface area contributed by atoms with Gasteiger partial charge >= 0.3 is 0 Å². The standard InChI is InChI=1S/C21H27N3O3S/c25-21(12-11-19-7-3-1-4-8-19)22-13-14-23-15-17-24(18-16-23)28(26,27)20-9-5-2-6-10-20/h1-10H,11-18H2,(H,22,25). The van der Waals surface area contributed by atoms with Gasteiger partial charge in [0.2, 0.25) is 15.9 Å². The Hall–Kier alpha value is -2.22. The van der Waals surface area contributed by atoms with Crippen LogP contribution in [0.15, 0.2) is 65.6 Å². The molecule has 1 fully saturated rings. The van der Waals surface area contributed by atoms with Crippen LogP contribution in [0.2, 0.25) is 0 Å². The van der Waals surface area contributed by atoms with Crippen molar-refractivity contribution in [2.75, 3.05) is 39.3 Å². The van der Waals surface area contributed by atoms with E-state index in [1.807, 2.05) is 36.4 Å². The number of aryl methyl sites for hydroxylation is 1. The molecule has 0 atom stereocenters. The summed E-state index contributed by atoms with van der Waals surface area (Å²) in [6, 6.07) is 18.5. The Morgan fingerprint density at radius 2 is 1.50 bits per heavy atom. The van der Waals surface area contributed by atoms with E-state index in [1.54, 1.807) is 24.3 Å². The number of hydrogen-bond donors (Lipinski definition) is 1. The molecule has 1 aliphatic rings. The van der Waals surface area contributed by atoms with Crippen LogP contribution in [0.4, 0.5) is 0 Å². The lowest BCUT2D eigenvalue weighted by Crippen LogP contribution is -2.50. The number of piperazine rings is 1. The maximum Gasteiger partial charge on any atom is 0.243 e. The fourth-order valence-electron chi connectivity index (χ4n) is 3.28. The van der Waals surface area contributed by atoms with E-state index < -0.39 is 10.0 Å². The highest BCUT2D eigenvalue weighted by Crippen LogP contribution is 2.16. The largest absolute Gasteiger partial charge is 0.355 e. The Balaban J connectivity index is 1.36. The molecule has 150 valence electrons. The van der Waals surface area contributed by atoms with E-state index in [2.05, 4.69) is 10.2 Å². The molecule has 28 heavy (non-hydrogen) atoms. The van der Waals surface area contributed by atoms with Crippen molar-refractivity contribution in [3.8, 4) is 0 Å². The van der Waals surface area contributed by atoms with Crippen LogP contribution in [0, 0.1) is 0 Å². The molecule has 3 rings (SSSR count). The lowest BCUT2D eigenvalue weighted by molar-refractivity contribution is -0.121. The Kier molecular flexibility index (Phi) is 7.19. The van der Waals surface area contributed by atoms with Gasteiger partial charge in [-0.1, -0.05) is 48.5 Å². The summed E-state index contributed by atoms with van der Waals surface area (Å²) in [6.45, 7) is 3.60. The fraction of sp³-hybridized carbons (Fsp3) is 0.381. The number of nitrogens with one attached hydrogen (secondary N) is 1. The summed E-state index contributed by atoms with van der Waals surface area (Å²) in [5, 5.41) is 2.96. The van der Waals surface area contributed by atoms with Gasteiger partial charge in [-0.3, -0.25) is 9.69 Å². The summed E-state index contributed by atoms with van der Waals surface area (Å²) in [6.07, 6.45) is 1.22. The lowest BCUT2D eigenvalue weighted by Gasteiger charge is -2.33. The summed E-state index contributed by atoms with van der Waals surface area (Å²) in [4.78, 5) is 14.5. The number of rotatable bonds is 8. The molecule has 1 aliphatic heterocycles. The molecule has 0 aromatic heterocycles. The number of carbonyl (C=O) groups is 1. The highest BCUT2D eigenvalue weighted by Gasteiger charge is 2.28. The second-order valence-corrected chi connectivity index (χ2v) is 8.83. The SMILES string of the molecule is O=C(CCc1ccccc1)NCCN1CCN(S(=O)(=O)c2ccccc2)CC1. The van der Waals surface area contributed by atoms with Gasteiger partial charge in [0.25, 0.3) is 0 Å². The molecular formula is C21H27N3O3S. The number of sulfonamides is 1. The summed E-state index contributed by atoms with van der Waals surface area (Å²) in [7, 11) is -3.42. The molecule has 2 aromatic rings. The molecule has 2 aromatic carbocycles. The van der Waals surface area contributed by atoms with E-state index in [-0.39, 0.29) is 5.91 Å². The van der Waals surface area contributed by atoms with E-state index >= 15 is 0 Å². The van der Waals surface area contributed by atoms with Crippen LogP contribution in [0.25, 0.3) is 0 Å². The van der Waals surface area contributed by atoms with Crippen molar-refractivity contribution in [3.63, 3.8) is 0 Å². The average Bonchev–Trinajstić information content (AvgIpc) is 2.74. The number of benzene rings is 2. The monoisotopic (exact) mass is 401 g/mol. The molecule has 0 bridgehead atoms. The van der Waals surface area contributed by atoms with E-state index in [9.17, 15) is 13.2 Å². The predicted molar refractivity (Wildman–Crippen MR) is 109 cm³/mol. The van der Waals surface area contributed by atoms with Gasteiger partial charge in [0.1, 0.15) is 0 Å². The van der Waals surface area contributed by atoms with Crippen LogP contribution in [0.3, 0.4) is 0 Å². The topological polar surface area (TPSA) is 69.7 Å². The van der Waals surface area contributed by atoms with Crippen molar-refractivity contribution in [1.29, 1.82) is 0 Å². The minimum atomic E-state index is -3.42. The molecule has 1 amide bonds. The first-order valence-electron chi connectivity index (χ1n) is 9.64. The highest BCUT2D eigenvalue weighted by atomic mass is 32.2. The van der Waals surface area contributed by atoms with Gasteiger partial charge in [0.05, 0.1) is 4.90 Å². The van der Waals surface area contributed by atoms with E-state index in [1.165, 1.54) is 4.31 Å². The number of hydrogen-bond acceptors (Lipinski definition) is 4. The lowest BCUT2D eigenvalue weighted by atomic mass is 10.1. The van der Waals surface area contributed by atoms with Gasteiger partial charge in [0, 0.05) is 45.7 Å². The molecular weight excluding hydrogens is 374 g/mol. The van der Waals surface area contributed by atoms with E-state index in [0.717, 1.165) is 18.5 Å². The molecule has 0 radical (unpaired) electrons. The smallest absolute Gasteiger partial charge is 0.243 e. The molecule has 0 unspecified atom stereocenters. The van der Waals surface area contributed by atoms with Gasteiger partial charge in [-0.15, -0.1) is 0 Å². The Labute approximate surface area is 167 Å². The van der Waals surface area contributed by atoms with Gasteiger partial charge < -0.3 is 5.32 Å². The number of carbonyl (C=O) groups excluding carboxylic acids is 1. The number of nitrogens with zero attached hydrogens (tertiary/aromatic N) is 2. The molecule has 1 saturated heterocycles. The van der Waals surface area contributed by atoms with Crippen LogP contribution in [0.5, 0.6) is 0 Å². The zero-order chi connectivity index (χ0) is 19.8. The quantitative estimate of drug-likeness (QED) is 0.732. The first-order chi connectivity index (χ1) is 13.6. The minimum Gasteiger partial charge on any atom is -0.355 e. The van der Waals surface area contributed by atoms with Gasteiger partial charge in [-0.25, -0.2) is 8.42 Å². The Morgan fingerprint density at radius 1 is 0.893 bits per heavy atom. The third kappa shape index (κ3) is 5.64. The zero-order valence-electron chi connectivity index (χ0n) is 16.0. The normalized spacial score (nSPS) is 16.0. The molecule has 7 heteroatoms. The van der Waals surface area contributed by atoms with E-state index in [0.29, 0.717) is 44.0 Å². The van der Waals surface area contributed by atoms with Crippen LogP contribution in [-0.4, -0.2) is 62.8 Å².